The van der Waals surface area contributed by atoms with Crippen LogP contribution >= 0.6 is 0 Å². The molecule has 0 aliphatic carbocycles. The van der Waals surface area contributed by atoms with Crippen molar-refractivity contribution in [2.45, 2.75) is 26.3 Å². The molecule has 0 spiro atoms. The van der Waals surface area contributed by atoms with Crippen LogP contribution in [0.5, 0.6) is 0 Å². The van der Waals surface area contributed by atoms with Crippen molar-refractivity contribution in [2.75, 3.05) is 0 Å². The molecule has 3 aromatic rings. The zero-order valence-electron chi connectivity index (χ0n) is 10.8. The number of H-pyrrole nitrogens is 2. The molecule has 0 radical (unpaired) electrons. The van der Waals surface area contributed by atoms with Crippen LogP contribution in [0.4, 0.5) is 0 Å². The van der Waals surface area contributed by atoms with Crippen molar-refractivity contribution in [1.29, 1.82) is 0 Å². The summed E-state index contributed by atoms with van der Waals surface area (Å²) in [4.78, 5) is 19.1. The molecule has 6 nitrogen and oxygen atoms in total. The van der Waals surface area contributed by atoms with Gasteiger partial charge in [-0.2, -0.15) is 5.10 Å². The second-order valence-electron chi connectivity index (χ2n) is 4.58. The number of fused-ring (bicyclic) bond motifs is 1. The van der Waals surface area contributed by atoms with Crippen LogP contribution in [0.1, 0.15) is 26.3 Å². The van der Waals surface area contributed by atoms with Crippen LogP contribution in [0, 0.1) is 0 Å². The molecule has 2 N–H and O–H groups in total. The fourth-order valence-electron chi connectivity index (χ4n) is 2.28. The van der Waals surface area contributed by atoms with E-state index in [2.05, 4.69) is 27.1 Å². The van der Waals surface area contributed by atoms with Gasteiger partial charge in [-0.15, -0.1) is 0 Å². The van der Waals surface area contributed by atoms with Crippen LogP contribution < -0.4 is 5.69 Å². The molecule has 0 unspecified atom stereocenters. The third-order valence-electron chi connectivity index (χ3n) is 3.43. The Morgan fingerprint density at radius 3 is 2.89 bits per heavy atom. The van der Waals surface area contributed by atoms with Crippen molar-refractivity contribution in [1.82, 2.24) is 24.7 Å². The van der Waals surface area contributed by atoms with E-state index in [1.165, 1.54) is 0 Å². The number of rotatable bonds is 3. The van der Waals surface area contributed by atoms with E-state index in [0.29, 0.717) is 5.65 Å². The van der Waals surface area contributed by atoms with E-state index < -0.39 is 0 Å². The molecule has 0 aliphatic rings. The predicted molar refractivity (Wildman–Crippen MR) is 72.9 cm³/mol. The van der Waals surface area contributed by atoms with Crippen molar-refractivity contribution >= 4 is 11.2 Å². The van der Waals surface area contributed by atoms with Gasteiger partial charge in [0.05, 0.1) is 11.2 Å². The van der Waals surface area contributed by atoms with Crippen molar-refractivity contribution in [3.63, 3.8) is 0 Å². The molecule has 3 aromatic heterocycles. The highest BCUT2D eigenvalue weighted by Crippen LogP contribution is 2.26. The van der Waals surface area contributed by atoms with E-state index in [4.69, 9.17) is 0 Å². The number of imidazole rings is 1. The maximum atomic E-state index is 12.1. The molecular weight excluding hydrogens is 242 g/mol. The number of nitrogens with one attached hydrogen (secondary N) is 2. The van der Waals surface area contributed by atoms with Crippen molar-refractivity contribution in [3.05, 3.63) is 35.0 Å². The van der Waals surface area contributed by atoms with Crippen LogP contribution in [0.3, 0.4) is 0 Å². The van der Waals surface area contributed by atoms with Gasteiger partial charge in [0.1, 0.15) is 0 Å². The van der Waals surface area contributed by atoms with Crippen molar-refractivity contribution in [2.24, 2.45) is 0 Å². The lowest BCUT2D eigenvalue weighted by Gasteiger charge is -2.12. The first kappa shape index (κ1) is 11.7. The van der Waals surface area contributed by atoms with E-state index in [-0.39, 0.29) is 11.7 Å². The summed E-state index contributed by atoms with van der Waals surface area (Å²) in [5.41, 5.74) is 3.12. The van der Waals surface area contributed by atoms with E-state index in [9.17, 15) is 4.79 Å². The third-order valence-corrected chi connectivity index (χ3v) is 3.43. The Balaban J connectivity index is 2.38. The normalized spacial score (nSPS) is 12.9. The highest BCUT2D eigenvalue weighted by molar-refractivity contribution is 5.88. The molecule has 0 saturated heterocycles. The lowest BCUT2D eigenvalue weighted by Crippen LogP contribution is -2.20. The summed E-state index contributed by atoms with van der Waals surface area (Å²) in [5, 5.41) is 6.90. The second-order valence-corrected chi connectivity index (χ2v) is 4.58. The van der Waals surface area contributed by atoms with E-state index in [0.717, 1.165) is 23.2 Å². The van der Waals surface area contributed by atoms with Gasteiger partial charge in [-0.1, -0.05) is 6.92 Å². The minimum Gasteiger partial charge on any atom is -0.290 e. The van der Waals surface area contributed by atoms with Gasteiger partial charge in [0.25, 0.3) is 0 Å². The Hall–Kier alpha value is -2.37. The van der Waals surface area contributed by atoms with Crippen LogP contribution in [-0.4, -0.2) is 24.7 Å². The molecule has 3 rings (SSSR count). The van der Waals surface area contributed by atoms with Gasteiger partial charge in [0, 0.05) is 24.0 Å². The number of hydrogen-bond donors (Lipinski definition) is 2. The molecule has 0 saturated carbocycles. The summed E-state index contributed by atoms with van der Waals surface area (Å²) in [7, 11) is 0. The summed E-state index contributed by atoms with van der Waals surface area (Å²) >= 11 is 0. The first-order chi connectivity index (χ1) is 9.22. The zero-order valence-corrected chi connectivity index (χ0v) is 10.8. The number of nitrogens with zero attached hydrogens (tertiary/aromatic N) is 3. The molecule has 0 fully saturated rings. The van der Waals surface area contributed by atoms with Gasteiger partial charge in [0.2, 0.25) is 0 Å². The predicted octanol–water partition coefficient (Wildman–Crippen LogP) is 2.09. The minimum absolute atomic E-state index is 0.118. The quantitative estimate of drug-likeness (QED) is 0.754. The molecular formula is C13H15N5O. The number of aromatic amines is 2. The van der Waals surface area contributed by atoms with Crippen LogP contribution in [0.15, 0.2) is 29.3 Å². The average Bonchev–Trinajstić information content (AvgIpc) is 3.03. The first-order valence-corrected chi connectivity index (χ1v) is 6.31. The zero-order chi connectivity index (χ0) is 13.4. The highest BCUT2D eigenvalue weighted by atomic mass is 16.1. The SMILES string of the molecule is CC[C@@H](C)n1c(=O)[nH]c2nccc(-c3ccn[nH]3)c21. The summed E-state index contributed by atoms with van der Waals surface area (Å²) in [5.74, 6) is 0. The summed E-state index contributed by atoms with van der Waals surface area (Å²) in [6.07, 6.45) is 4.26. The Morgan fingerprint density at radius 2 is 2.21 bits per heavy atom. The lowest BCUT2D eigenvalue weighted by molar-refractivity contribution is 0.530. The molecule has 0 aliphatic heterocycles. The van der Waals surface area contributed by atoms with Crippen molar-refractivity contribution < 1.29 is 0 Å². The Kier molecular flexibility index (Phi) is 2.70. The minimum atomic E-state index is -0.121. The van der Waals surface area contributed by atoms with Gasteiger partial charge in [-0.25, -0.2) is 9.78 Å². The Labute approximate surface area is 109 Å². The molecule has 19 heavy (non-hydrogen) atoms. The molecule has 6 heteroatoms. The average molecular weight is 257 g/mol. The topological polar surface area (TPSA) is 79.4 Å². The Bertz CT molecular complexity index is 753. The van der Waals surface area contributed by atoms with Gasteiger partial charge in [0.15, 0.2) is 5.65 Å². The van der Waals surface area contributed by atoms with Crippen LogP contribution in [0.25, 0.3) is 22.4 Å². The molecule has 3 heterocycles. The van der Waals surface area contributed by atoms with Gasteiger partial charge in [-0.05, 0) is 25.5 Å². The molecule has 0 aromatic carbocycles. The first-order valence-electron chi connectivity index (χ1n) is 6.31. The maximum absolute atomic E-state index is 12.1. The lowest BCUT2D eigenvalue weighted by atomic mass is 10.1. The van der Waals surface area contributed by atoms with Gasteiger partial charge < -0.3 is 0 Å². The van der Waals surface area contributed by atoms with Crippen LogP contribution in [0.2, 0.25) is 0 Å². The monoisotopic (exact) mass is 257 g/mol. The fraction of sp³-hybridized carbons (Fsp3) is 0.308. The Morgan fingerprint density at radius 1 is 1.37 bits per heavy atom. The second kappa shape index (κ2) is 4.38. The van der Waals surface area contributed by atoms with Crippen LogP contribution in [-0.2, 0) is 0 Å². The molecule has 98 valence electrons. The number of hydrogen-bond acceptors (Lipinski definition) is 3. The number of pyridine rings is 1. The standard InChI is InChI=1S/C13H15N5O/c1-3-8(2)18-11-9(10-5-7-15-17-10)4-6-14-12(11)16-13(18)19/h4-8H,3H2,1-2H3,(H,15,17)(H,14,16,19)/t8-/m1/s1. The molecule has 0 bridgehead atoms. The largest absolute Gasteiger partial charge is 0.327 e. The maximum Gasteiger partial charge on any atom is 0.327 e. The molecule has 0 amide bonds. The van der Waals surface area contributed by atoms with E-state index in [1.54, 1.807) is 17.0 Å². The summed E-state index contributed by atoms with van der Waals surface area (Å²) in [6, 6.07) is 3.89. The number of aromatic nitrogens is 5. The summed E-state index contributed by atoms with van der Waals surface area (Å²) < 4.78 is 1.76. The smallest absolute Gasteiger partial charge is 0.290 e. The third kappa shape index (κ3) is 1.76. The van der Waals surface area contributed by atoms with Gasteiger partial charge in [-0.3, -0.25) is 14.6 Å². The molecule has 1 atom stereocenters. The van der Waals surface area contributed by atoms with Gasteiger partial charge >= 0.3 is 5.69 Å². The van der Waals surface area contributed by atoms with E-state index >= 15 is 0 Å². The summed E-state index contributed by atoms with van der Waals surface area (Å²) in [6.45, 7) is 4.08. The van der Waals surface area contributed by atoms with E-state index in [1.807, 2.05) is 19.1 Å². The highest BCUT2D eigenvalue weighted by Gasteiger charge is 2.17. The van der Waals surface area contributed by atoms with Crippen molar-refractivity contribution in [3.8, 4) is 11.3 Å². The fourth-order valence-corrected chi connectivity index (χ4v) is 2.28.